The molecular weight excluding hydrogens is 262 g/mol. The van der Waals surface area contributed by atoms with Crippen LogP contribution in [0.25, 0.3) is 0 Å². The van der Waals surface area contributed by atoms with Crippen LogP contribution in [0.15, 0.2) is 0 Å². The largest absolute Gasteiger partial charge is 0.447 e. The molecule has 2 amide bonds. The normalized spacial score (nSPS) is 17.7. The quantitative estimate of drug-likeness (QED) is 0.725. The lowest BCUT2D eigenvalue weighted by Gasteiger charge is -2.12. The standard InChI is InChI=1S/C10H16BrNO3/c1-2-3-8(11)4-5-9(13)12-6-7-15-10(12)14/h8H,2-7H2,1H3. The number of ether oxygens (including phenoxy) is 1. The van der Waals surface area contributed by atoms with Gasteiger partial charge in [0, 0.05) is 11.2 Å². The van der Waals surface area contributed by atoms with Crippen molar-refractivity contribution in [1.82, 2.24) is 4.90 Å². The first-order valence-electron chi connectivity index (χ1n) is 5.26. The maximum absolute atomic E-state index is 11.6. The van der Waals surface area contributed by atoms with Crippen molar-refractivity contribution < 1.29 is 14.3 Å². The molecule has 15 heavy (non-hydrogen) atoms. The Labute approximate surface area is 98.1 Å². The number of hydrogen-bond acceptors (Lipinski definition) is 3. The van der Waals surface area contributed by atoms with Gasteiger partial charge in [0.25, 0.3) is 0 Å². The first-order chi connectivity index (χ1) is 7.15. The number of hydrogen-bond donors (Lipinski definition) is 0. The van der Waals surface area contributed by atoms with Crippen LogP contribution in [0, 0.1) is 0 Å². The summed E-state index contributed by atoms with van der Waals surface area (Å²) in [6.45, 7) is 2.84. The molecule has 1 aliphatic rings. The molecule has 0 N–H and O–H groups in total. The third kappa shape index (κ3) is 3.81. The maximum Gasteiger partial charge on any atom is 0.416 e. The molecule has 1 aliphatic heterocycles. The number of cyclic esters (lactones) is 1. The summed E-state index contributed by atoms with van der Waals surface area (Å²) < 4.78 is 4.70. The topological polar surface area (TPSA) is 46.6 Å². The zero-order chi connectivity index (χ0) is 11.3. The van der Waals surface area contributed by atoms with Gasteiger partial charge >= 0.3 is 6.09 Å². The lowest BCUT2D eigenvalue weighted by molar-refractivity contribution is -0.127. The molecule has 0 aromatic heterocycles. The Balaban J connectivity index is 2.26. The number of amides is 2. The van der Waals surface area contributed by atoms with Gasteiger partial charge in [0.05, 0.1) is 6.54 Å². The van der Waals surface area contributed by atoms with Crippen molar-refractivity contribution >= 4 is 27.9 Å². The Morgan fingerprint density at radius 2 is 2.33 bits per heavy atom. The van der Waals surface area contributed by atoms with Crippen molar-refractivity contribution in [2.75, 3.05) is 13.2 Å². The van der Waals surface area contributed by atoms with Gasteiger partial charge in [0.15, 0.2) is 0 Å². The van der Waals surface area contributed by atoms with Crippen LogP contribution in [0.4, 0.5) is 4.79 Å². The number of carbonyl (C=O) groups is 2. The number of rotatable bonds is 5. The molecule has 1 atom stereocenters. The fraction of sp³-hybridized carbons (Fsp3) is 0.800. The van der Waals surface area contributed by atoms with Crippen LogP contribution in [-0.4, -0.2) is 34.9 Å². The average Bonchev–Trinajstić information content (AvgIpc) is 2.61. The molecule has 0 bridgehead atoms. The zero-order valence-corrected chi connectivity index (χ0v) is 10.5. The van der Waals surface area contributed by atoms with E-state index < -0.39 is 6.09 Å². The molecule has 0 aliphatic carbocycles. The highest BCUT2D eigenvalue weighted by Crippen LogP contribution is 2.16. The first-order valence-corrected chi connectivity index (χ1v) is 6.18. The second-order valence-electron chi connectivity index (χ2n) is 3.58. The van der Waals surface area contributed by atoms with Crippen LogP contribution in [0.1, 0.15) is 32.6 Å². The summed E-state index contributed by atoms with van der Waals surface area (Å²) in [6, 6.07) is 0. The molecular formula is C10H16BrNO3. The summed E-state index contributed by atoms with van der Waals surface area (Å²) in [7, 11) is 0. The molecule has 5 heteroatoms. The van der Waals surface area contributed by atoms with E-state index in [2.05, 4.69) is 22.9 Å². The van der Waals surface area contributed by atoms with Gasteiger partial charge in [-0.25, -0.2) is 9.69 Å². The molecule has 0 aromatic rings. The van der Waals surface area contributed by atoms with E-state index in [1.54, 1.807) is 0 Å². The van der Waals surface area contributed by atoms with Gasteiger partial charge < -0.3 is 4.74 Å². The number of carbonyl (C=O) groups excluding carboxylic acids is 2. The van der Waals surface area contributed by atoms with E-state index in [0.717, 1.165) is 19.3 Å². The number of alkyl halides is 1. The Morgan fingerprint density at radius 3 is 2.87 bits per heavy atom. The molecule has 0 spiro atoms. The van der Waals surface area contributed by atoms with E-state index in [4.69, 9.17) is 4.74 Å². The molecule has 1 heterocycles. The lowest BCUT2D eigenvalue weighted by Crippen LogP contribution is -2.31. The van der Waals surface area contributed by atoms with Crippen LogP contribution < -0.4 is 0 Å². The Morgan fingerprint density at radius 1 is 1.60 bits per heavy atom. The molecule has 4 nitrogen and oxygen atoms in total. The van der Waals surface area contributed by atoms with Crippen molar-refractivity contribution in [3.8, 4) is 0 Å². The second kappa shape index (κ2) is 6.10. The minimum atomic E-state index is -0.499. The van der Waals surface area contributed by atoms with E-state index >= 15 is 0 Å². The minimum Gasteiger partial charge on any atom is -0.447 e. The van der Waals surface area contributed by atoms with Crippen LogP contribution >= 0.6 is 15.9 Å². The first kappa shape index (κ1) is 12.5. The van der Waals surface area contributed by atoms with Gasteiger partial charge in [-0.05, 0) is 12.8 Å². The van der Waals surface area contributed by atoms with E-state index in [1.807, 2.05) is 0 Å². The lowest BCUT2D eigenvalue weighted by atomic mass is 10.1. The van der Waals surface area contributed by atoms with Crippen molar-refractivity contribution in [2.45, 2.75) is 37.4 Å². The highest BCUT2D eigenvalue weighted by Gasteiger charge is 2.27. The van der Waals surface area contributed by atoms with Crippen molar-refractivity contribution in [2.24, 2.45) is 0 Å². The fourth-order valence-corrected chi connectivity index (χ4v) is 2.18. The van der Waals surface area contributed by atoms with Crippen molar-refractivity contribution in [1.29, 1.82) is 0 Å². The smallest absolute Gasteiger partial charge is 0.416 e. The second-order valence-corrected chi connectivity index (χ2v) is 4.88. The number of nitrogens with zero attached hydrogens (tertiary/aromatic N) is 1. The van der Waals surface area contributed by atoms with Crippen LogP contribution in [0.3, 0.4) is 0 Å². The summed E-state index contributed by atoms with van der Waals surface area (Å²) in [6.07, 6.45) is 2.83. The van der Waals surface area contributed by atoms with E-state index in [-0.39, 0.29) is 5.91 Å². The average molecular weight is 278 g/mol. The van der Waals surface area contributed by atoms with Gasteiger partial charge in [0.1, 0.15) is 6.61 Å². The van der Waals surface area contributed by atoms with Gasteiger partial charge in [-0.2, -0.15) is 0 Å². The van der Waals surface area contributed by atoms with E-state index in [9.17, 15) is 9.59 Å². The SMILES string of the molecule is CCCC(Br)CCC(=O)N1CCOC1=O. The number of imide groups is 1. The fourth-order valence-electron chi connectivity index (χ4n) is 1.49. The number of halogens is 1. The molecule has 1 rings (SSSR count). The highest BCUT2D eigenvalue weighted by molar-refractivity contribution is 9.09. The summed E-state index contributed by atoms with van der Waals surface area (Å²) in [4.78, 5) is 24.2. The van der Waals surface area contributed by atoms with Crippen molar-refractivity contribution in [3.05, 3.63) is 0 Å². The minimum absolute atomic E-state index is 0.127. The van der Waals surface area contributed by atoms with Crippen LogP contribution in [0.5, 0.6) is 0 Å². The van der Waals surface area contributed by atoms with Crippen LogP contribution in [-0.2, 0) is 9.53 Å². The third-order valence-corrected chi connectivity index (χ3v) is 3.25. The summed E-state index contributed by atoms with van der Waals surface area (Å²) in [5.41, 5.74) is 0. The summed E-state index contributed by atoms with van der Waals surface area (Å²) >= 11 is 3.50. The summed E-state index contributed by atoms with van der Waals surface area (Å²) in [5, 5.41) is 0. The van der Waals surface area contributed by atoms with Gasteiger partial charge in [-0.15, -0.1) is 0 Å². The molecule has 1 fully saturated rings. The molecule has 86 valence electrons. The van der Waals surface area contributed by atoms with Gasteiger partial charge in [0.2, 0.25) is 5.91 Å². The monoisotopic (exact) mass is 277 g/mol. The predicted octanol–water partition coefficient (Wildman–Crippen LogP) is 2.31. The zero-order valence-electron chi connectivity index (χ0n) is 8.87. The molecule has 0 aromatic carbocycles. The third-order valence-electron chi connectivity index (χ3n) is 2.34. The Bertz CT molecular complexity index is 245. The Kier molecular flexibility index (Phi) is 5.08. The van der Waals surface area contributed by atoms with E-state index in [0.29, 0.717) is 24.4 Å². The molecule has 1 saturated heterocycles. The predicted molar refractivity (Wildman–Crippen MR) is 59.9 cm³/mol. The van der Waals surface area contributed by atoms with Crippen molar-refractivity contribution in [3.63, 3.8) is 0 Å². The maximum atomic E-state index is 11.6. The highest BCUT2D eigenvalue weighted by atomic mass is 79.9. The molecule has 0 radical (unpaired) electrons. The Hall–Kier alpha value is -0.580. The summed E-state index contributed by atoms with van der Waals surface area (Å²) in [5.74, 6) is -0.127. The van der Waals surface area contributed by atoms with Gasteiger partial charge in [-0.1, -0.05) is 29.3 Å². The van der Waals surface area contributed by atoms with E-state index in [1.165, 1.54) is 4.90 Å². The van der Waals surface area contributed by atoms with Crippen LogP contribution in [0.2, 0.25) is 0 Å². The molecule has 0 saturated carbocycles. The van der Waals surface area contributed by atoms with Gasteiger partial charge in [-0.3, -0.25) is 4.79 Å². The molecule has 1 unspecified atom stereocenters.